The summed E-state index contributed by atoms with van der Waals surface area (Å²) < 4.78 is 16.7. The number of rotatable bonds is 8. The Morgan fingerprint density at radius 2 is 2.18 bits per heavy atom. The number of anilines is 1. The molecule has 0 aromatic carbocycles. The Labute approximate surface area is 164 Å². The number of H-pyrrole nitrogens is 1. The minimum absolute atomic E-state index is 0.178. The van der Waals surface area contributed by atoms with Crippen molar-refractivity contribution in [3.05, 3.63) is 18.1 Å². The highest BCUT2D eigenvalue weighted by Gasteiger charge is 2.25. The Hall–Kier alpha value is -1.96. The van der Waals surface area contributed by atoms with E-state index >= 15 is 0 Å². The summed E-state index contributed by atoms with van der Waals surface area (Å²) in [6.45, 7) is 3.70. The molecule has 10 heteroatoms. The lowest BCUT2D eigenvalue weighted by atomic mass is 9.92. The molecule has 1 aliphatic rings. The number of amides is 1. The molecule has 1 atom stereocenters. The second-order valence-electron chi connectivity index (χ2n) is 7.05. The van der Waals surface area contributed by atoms with E-state index in [9.17, 15) is 14.3 Å². The summed E-state index contributed by atoms with van der Waals surface area (Å²) in [6, 6.07) is 0. The van der Waals surface area contributed by atoms with Crippen LogP contribution >= 0.6 is 7.60 Å². The van der Waals surface area contributed by atoms with Gasteiger partial charge in [0.1, 0.15) is 17.4 Å². The van der Waals surface area contributed by atoms with E-state index in [4.69, 9.17) is 4.52 Å². The van der Waals surface area contributed by atoms with Crippen LogP contribution < -0.4 is 10.2 Å². The van der Waals surface area contributed by atoms with Gasteiger partial charge in [0.2, 0.25) is 0 Å². The maximum atomic E-state index is 12.0. The number of piperidine rings is 1. The van der Waals surface area contributed by atoms with Gasteiger partial charge in [-0.25, -0.2) is 9.97 Å². The van der Waals surface area contributed by atoms with Crippen LogP contribution in [0.2, 0.25) is 0 Å². The van der Waals surface area contributed by atoms with Gasteiger partial charge in [0.15, 0.2) is 5.82 Å². The van der Waals surface area contributed by atoms with Crippen LogP contribution in [-0.2, 0) is 9.09 Å². The fourth-order valence-corrected chi connectivity index (χ4v) is 4.87. The molecular weight excluding hydrogens is 381 g/mol. The first kappa shape index (κ1) is 20.8. The van der Waals surface area contributed by atoms with E-state index in [2.05, 4.69) is 25.2 Å². The molecule has 3 rings (SSSR count). The van der Waals surface area contributed by atoms with Gasteiger partial charge in [-0.2, -0.15) is 0 Å². The minimum Gasteiger partial charge on any atom is -0.356 e. The molecule has 154 valence electrons. The molecule has 2 aromatic heterocycles. The van der Waals surface area contributed by atoms with E-state index in [1.165, 1.54) is 6.33 Å². The predicted molar refractivity (Wildman–Crippen MR) is 108 cm³/mol. The zero-order valence-corrected chi connectivity index (χ0v) is 17.2. The average Bonchev–Trinajstić information content (AvgIpc) is 3.12. The van der Waals surface area contributed by atoms with Crippen LogP contribution in [0.15, 0.2) is 12.5 Å². The largest absolute Gasteiger partial charge is 0.356 e. The number of nitrogens with one attached hydrogen (secondary N) is 2. The molecule has 1 saturated heterocycles. The molecule has 1 amide bonds. The van der Waals surface area contributed by atoms with Gasteiger partial charge < -0.3 is 24.6 Å². The second-order valence-corrected chi connectivity index (χ2v) is 9.03. The standard InChI is InChI=1S/C18H28N5O4P/c1-3-27-28(25,26)10-4-5-13-6-8-23(9-7-13)17-16-15(21-12-22-17)14(11-20-16)18(24)19-2/h11-13,20H,3-10H2,1-2H3,(H,19,24)(H,25,26). The van der Waals surface area contributed by atoms with Crippen LogP contribution in [0.25, 0.3) is 11.0 Å². The second kappa shape index (κ2) is 9.03. The van der Waals surface area contributed by atoms with Crippen molar-refractivity contribution in [2.75, 3.05) is 37.8 Å². The van der Waals surface area contributed by atoms with Gasteiger partial charge in [-0.15, -0.1) is 0 Å². The molecule has 3 heterocycles. The number of nitrogens with zero attached hydrogens (tertiary/aromatic N) is 3. The SMILES string of the molecule is CCOP(=O)(O)CCCC1CCN(c2ncnc3c(C(=O)NC)c[nH]c23)CC1. The fraction of sp³-hybridized carbons (Fsp3) is 0.611. The number of carbonyl (C=O) groups excluding carboxylic acids is 1. The van der Waals surface area contributed by atoms with E-state index in [-0.39, 0.29) is 18.7 Å². The lowest BCUT2D eigenvalue weighted by Gasteiger charge is -2.33. The zero-order valence-electron chi connectivity index (χ0n) is 16.3. The van der Waals surface area contributed by atoms with Crippen LogP contribution in [0.3, 0.4) is 0 Å². The topological polar surface area (TPSA) is 120 Å². The number of hydrogen-bond acceptors (Lipinski definition) is 6. The number of aromatic amines is 1. The van der Waals surface area contributed by atoms with Crippen LogP contribution in [-0.4, -0.2) is 58.7 Å². The van der Waals surface area contributed by atoms with E-state index in [0.717, 1.165) is 43.7 Å². The maximum Gasteiger partial charge on any atom is 0.328 e. The summed E-state index contributed by atoms with van der Waals surface area (Å²) in [5, 5.41) is 2.62. The van der Waals surface area contributed by atoms with Gasteiger partial charge in [-0.05, 0) is 38.5 Å². The molecule has 0 aliphatic carbocycles. The number of fused-ring (bicyclic) bond motifs is 1. The minimum atomic E-state index is -3.42. The fourth-order valence-electron chi connectivity index (χ4n) is 3.75. The van der Waals surface area contributed by atoms with Gasteiger partial charge in [-0.3, -0.25) is 9.36 Å². The van der Waals surface area contributed by atoms with Crippen LogP contribution in [0.4, 0.5) is 5.82 Å². The van der Waals surface area contributed by atoms with Gasteiger partial charge >= 0.3 is 7.60 Å². The van der Waals surface area contributed by atoms with Crippen molar-refractivity contribution in [3.8, 4) is 0 Å². The first-order valence-corrected chi connectivity index (χ1v) is 11.5. The zero-order chi connectivity index (χ0) is 20.1. The van der Waals surface area contributed by atoms with Crippen LogP contribution in [0, 0.1) is 5.92 Å². The van der Waals surface area contributed by atoms with Crippen molar-refractivity contribution in [2.24, 2.45) is 5.92 Å². The molecule has 2 aromatic rings. The third kappa shape index (κ3) is 4.71. The van der Waals surface area contributed by atoms with Crippen molar-refractivity contribution in [3.63, 3.8) is 0 Å². The molecule has 0 radical (unpaired) electrons. The Morgan fingerprint density at radius 1 is 1.43 bits per heavy atom. The van der Waals surface area contributed by atoms with Crippen molar-refractivity contribution in [2.45, 2.75) is 32.6 Å². The molecule has 9 nitrogen and oxygen atoms in total. The lowest BCUT2D eigenvalue weighted by molar-refractivity contribution is 0.0964. The van der Waals surface area contributed by atoms with Crippen molar-refractivity contribution in [1.29, 1.82) is 0 Å². The lowest BCUT2D eigenvalue weighted by Crippen LogP contribution is -2.34. The highest BCUT2D eigenvalue weighted by atomic mass is 31.2. The Balaban J connectivity index is 1.59. The normalized spacial score (nSPS) is 17.6. The number of aromatic nitrogens is 3. The summed E-state index contributed by atoms with van der Waals surface area (Å²) in [7, 11) is -1.82. The molecule has 1 aliphatic heterocycles. The van der Waals surface area contributed by atoms with Gasteiger partial charge in [0.05, 0.1) is 12.2 Å². The predicted octanol–water partition coefficient (Wildman–Crippen LogP) is 2.54. The number of carbonyl (C=O) groups is 1. The van der Waals surface area contributed by atoms with E-state index in [1.54, 1.807) is 20.2 Å². The van der Waals surface area contributed by atoms with Gasteiger partial charge in [-0.1, -0.05) is 0 Å². The molecule has 0 bridgehead atoms. The molecular formula is C18H28N5O4P. The molecule has 3 N–H and O–H groups in total. The molecule has 1 fully saturated rings. The van der Waals surface area contributed by atoms with E-state index in [1.807, 2.05) is 0 Å². The van der Waals surface area contributed by atoms with Gasteiger partial charge in [0, 0.05) is 32.5 Å². The Bertz CT molecular complexity index is 863. The van der Waals surface area contributed by atoms with Crippen molar-refractivity contribution >= 4 is 30.4 Å². The van der Waals surface area contributed by atoms with Crippen molar-refractivity contribution in [1.82, 2.24) is 20.3 Å². The highest BCUT2D eigenvalue weighted by Crippen LogP contribution is 2.43. The first-order valence-electron chi connectivity index (χ1n) is 9.70. The third-order valence-electron chi connectivity index (χ3n) is 5.21. The molecule has 0 saturated carbocycles. The summed E-state index contributed by atoms with van der Waals surface area (Å²) >= 11 is 0. The smallest absolute Gasteiger partial charge is 0.328 e. The van der Waals surface area contributed by atoms with Crippen LogP contribution in [0.1, 0.15) is 43.0 Å². The number of hydrogen-bond donors (Lipinski definition) is 3. The quantitative estimate of drug-likeness (QED) is 0.573. The van der Waals surface area contributed by atoms with E-state index < -0.39 is 7.60 Å². The van der Waals surface area contributed by atoms with Gasteiger partial charge in [0.25, 0.3) is 5.91 Å². The summed E-state index contributed by atoms with van der Waals surface area (Å²) in [5.41, 5.74) is 1.91. The molecule has 0 spiro atoms. The summed E-state index contributed by atoms with van der Waals surface area (Å²) in [6.07, 6.45) is 7.00. The average molecular weight is 409 g/mol. The highest BCUT2D eigenvalue weighted by molar-refractivity contribution is 7.52. The van der Waals surface area contributed by atoms with Crippen LogP contribution in [0.5, 0.6) is 0 Å². The molecule has 28 heavy (non-hydrogen) atoms. The summed E-state index contributed by atoms with van der Waals surface area (Å²) in [5.74, 6) is 1.16. The Morgan fingerprint density at radius 3 is 2.86 bits per heavy atom. The summed E-state index contributed by atoms with van der Waals surface area (Å²) in [4.78, 5) is 35.7. The van der Waals surface area contributed by atoms with Crippen molar-refractivity contribution < 1.29 is 18.8 Å². The monoisotopic (exact) mass is 409 g/mol. The first-order chi connectivity index (χ1) is 13.4. The van der Waals surface area contributed by atoms with E-state index in [0.29, 0.717) is 23.4 Å². The molecule has 1 unspecified atom stereocenters. The third-order valence-corrected chi connectivity index (χ3v) is 6.76. The maximum absolute atomic E-state index is 12.0. The Kier molecular flexibility index (Phi) is 6.69.